The van der Waals surface area contributed by atoms with Gasteiger partial charge < -0.3 is 16.4 Å². The van der Waals surface area contributed by atoms with Crippen LogP contribution in [-0.2, 0) is 22.4 Å². The number of primary amides is 1. The molecule has 0 aromatic heterocycles. The molecular weight excluding hydrogens is 436 g/mol. The van der Waals surface area contributed by atoms with Crippen LogP contribution >= 0.6 is 0 Å². The number of amides is 3. The Morgan fingerprint density at radius 2 is 1.29 bits per heavy atom. The smallest absolute Gasteiger partial charge is 0.269 e. The highest BCUT2D eigenvalue weighted by Crippen LogP contribution is 2.14. The van der Waals surface area contributed by atoms with Gasteiger partial charge in [0.1, 0.15) is 12.1 Å². The van der Waals surface area contributed by atoms with E-state index in [4.69, 9.17) is 5.73 Å². The fourth-order valence-electron chi connectivity index (χ4n) is 3.37. The lowest BCUT2D eigenvalue weighted by molar-refractivity contribution is -0.384. The van der Waals surface area contributed by atoms with Gasteiger partial charge in [-0.25, -0.2) is 0 Å². The third kappa shape index (κ3) is 6.73. The summed E-state index contributed by atoms with van der Waals surface area (Å²) in [4.78, 5) is 48.3. The molecule has 0 aliphatic rings. The molecule has 0 radical (unpaired) electrons. The Hall–Kier alpha value is -4.53. The first-order chi connectivity index (χ1) is 16.3. The molecule has 0 heterocycles. The number of nitro groups is 1. The van der Waals surface area contributed by atoms with Crippen LogP contribution < -0.4 is 16.4 Å². The minimum atomic E-state index is -1.05. The Bertz CT molecular complexity index is 1150. The van der Waals surface area contributed by atoms with E-state index in [1.54, 1.807) is 30.3 Å². The van der Waals surface area contributed by atoms with Gasteiger partial charge in [-0.2, -0.15) is 0 Å². The van der Waals surface area contributed by atoms with E-state index in [0.717, 1.165) is 5.56 Å². The summed E-state index contributed by atoms with van der Waals surface area (Å²) in [6, 6.07) is 21.1. The highest BCUT2D eigenvalue weighted by atomic mass is 16.6. The van der Waals surface area contributed by atoms with Crippen molar-refractivity contribution < 1.29 is 19.3 Å². The van der Waals surface area contributed by atoms with Gasteiger partial charge in [0, 0.05) is 30.5 Å². The molecule has 3 aromatic carbocycles. The topological polar surface area (TPSA) is 144 Å². The highest BCUT2D eigenvalue weighted by molar-refractivity contribution is 5.98. The Morgan fingerprint density at radius 1 is 0.765 bits per heavy atom. The molecule has 0 saturated carbocycles. The number of nitrogens with one attached hydrogen (secondary N) is 2. The molecule has 1 unspecified atom stereocenters. The van der Waals surface area contributed by atoms with Crippen molar-refractivity contribution in [3.63, 3.8) is 0 Å². The quantitative estimate of drug-likeness (QED) is 0.314. The molecule has 0 aliphatic carbocycles. The maximum Gasteiger partial charge on any atom is 0.269 e. The van der Waals surface area contributed by atoms with Gasteiger partial charge in [-0.05, 0) is 23.3 Å². The maximum absolute atomic E-state index is 13.2. The molecule has 2 atom stereocenters. The fraction of sp³-hybridized carbons (Fsp3) is 0.160. The van der Waals surface area contributed by atoms with Gasteiger partial charge in [0.05, 0.1) is 4.92 Å². The van der Waals surface area contributed by atoms with Crippen molar-refractivity contribution in [3.8, 4) is 0 Å². The second kappa shape index (κ2) is 11.4. The van der Waals surface area contributed by atoms with Gasteiger partial charge in [0.15, 0.2) is 0 Å². The number of nitrogens with two attached hydrogens (primary N) is 1. The van der Waals surface area contributed by atoms with Crippen LogP contribution in [0.4, 0.5) is 5.69 Å². The summed E-state index contributed by atoms with van der Waals surface area (Å²) >= 11 is 0. The molecule has 0 bridgehead atoms. The molecule has 9 heteroatoms. The van der Waals surface area contributed by atoms with E-state index >= 15 is 0 Å². The molecule has 0 saturated heterocycles. The van der Waals surface area contributed by atoms with E-state index < -0.39 is 34.7 Å². The van der Waals surface area contributed by atoms with Gasteiger partial charge in [-0.1, -0.05) is 60.7 Å². The Morgan fingerprint density at radius 3 is 1.85 bits per heavy atom. The monoisotopic (exact) mass is 460 g/mol. The van der Waals surface area contributed by atoms with Crippen LogP contribution in [0.15, 0.2) is 84.9 Å². The zero-order valence-corrected chi connectivity index (χ0v) is 18.2. The normalized spacial score (nSPS) is 12.2. The van der Waals surface area contributed by atoms with Gasteiger partial charge >= 0.3 is 0 Å². The van der Waals surface area contributed by atoms with Crippen LogP contribution in [0.1, 0.15) is 21.5 Å². The van der Waals surface area contributed by atoms with Crippen LogP contribution in [-0.4, -0.2) is 34.7 Å². The van der Waals surface area contributed by atoms with Crippen molar-refractivity contribution in [1.82, 2.24) is 10.6 Å². The van der Waals surface area contributed by atoms with Gasteiger partial charge in [-0.15, -0.1) is 0 Å². The summed E-state index contributed by atoms with van der Waals surface area (Å²) < 4.78 is 0. The lowest BCUT2D eigenvalue weighted by atomic mass is 10.0. The van der Waals surface area contributed by atoms with Gasteiger partial charge in [-0.3, -0.25) is 24.5 Å². The number of non-ortho nitro benzene ring substituents is 1. The first-order valence-electron chi connectivity index (χ1n) is 10.6. The summed E-state index contributed by atoms with van der Waals surface area (Å²) in [5, 5.41) is 16.2. The molecule has 0 fully saturated rings. The largest absolute Gasteiger partial charge is 0.368 e. The van der Waals surface area contributed by atoms with E-state index in [-0.39, 0.29) is 18.5 Å². The number of carbonyl (C=O) groups is 3. The Balaban J connectivity index is 1.80. The summed E-state index contributed by atoms with van der Waals surface area (Å²) in [6.07, 6.45) is 0.248. The molecule has 0 aliphatic heterocycles. The van der Waals surface area contributed by atoms with Crippen LogP contribution in [0.25, 0.3) is 0 Å². The van der Waals surface area contributed by atoms with E-state index in [2.05, 4.69) is 10.6 Å². The fourth-order valence-corrected chi connectivity index (χ4v) is 3.37. The SMILES string of the molecule is NC(=O)C(Cc1ccccc1)NC(=O)[C@H](Cc1ccc([N+](=O)[O-])cc1)NC(=O)c1ccccc1. The zero-order valence-electron chi connectivity index (χ0n) is 18.2. The predicted octanol–water partition coefficient (Wildman–Crippen LogP) is 2.15. The Kier molecular flexibility index (Phi) is 8.07. The summed E-state index contributed by atoms with van der Waals surface area (Å²) in [6.45, 7) is 0. The minimum Gasteiger partial charge on any atom is -0.368 e. The maximum atomic E-state index is 13.2. The van der Waals surface area contributed by atoms with Crippen molar-refractivity contribution >= 4 is 23.4 Å². The zero-order chi connectivity index (χ0) is 24.5. The van der Waals surface area contributed by atoms with Crippen molar-refractivity contribution in [1.29, 1.82) is 0 Å². The van der Waals surface area contributed by atoms with Crippen LogP contribution in [0.3, 0.4) is 0 Å². The average Bonchev–Trinajstić information content (AvgIpc) is 2.84. The predicted molar refractivity (Wildman–Crippen MR) is 126 cm³/mol. The van der Waals surface area contributed by atoms with Crippen molar-refractivity contribution in [2.24, 2.45) is 5.73 Å². The third-order valence-electron chi connectivity index (χ3n) is 5.19. The van der Waals surface area contributed by atoms with Crippen molar-refractivity contribution in [2.45, 2.75) is 24.9 Å². The molecule has 34 heavy (non-hydrogen) atoms. The first-order valence-corrected chi connectivity index (χ1v) is 10.6. The third-order valence-corrected chi connectivity index (χ3v) is 5.19. The molecule has 174 valence electrons. The van der Waals surface area contributed by atoms with Crippen LogP contribution in [0, 0.1) is 10.1 Å². The first kappa shape index (κ1) is 24.1. The van der Waals surface area contributed by atoms with Crippen LogP contribution in [0.2, 0.25) is 0 Å². The summed E-state index contributed by atoms with van der Waals surface area (Å²) in [5.74, 6) is -1.77. The molecule has 9 nitrogen and oxygen atoms in total. The van der Waals surface area contributed by atoms with Crippen molar-refractivity contribution in [3.05, 3.63) is 112 Å². The minimum absolute atomic E-state index is 0.0548. The second-order valence-corrected chi connectivity index (χ2v) is 7.67. The van der Waals surface area contributed by atoms with E-state index in [0.29, 0.717) is 11.1 Å². The van der Waals surface area contributed by atoms with Crippen molar-refractivity contribution in [2.75, 3.05) is 0 Å². The molecule has 4 N–H and O–H groups in total. The molecule has 3 rings (SSSR count). The van der Waals surface area contributed by atoms with E-state index in [9.17, 15) is 24.5 Å². The standard InChI is InChI=1S/C25H24N4O5/c26-23(30)21(15-17-7-3-1-4-8-17)27-25(32)22(28-24(31)19-9-5-2-6-10-19)16-18-11-13-20(14-12-18)29(33)34/h1-14,21-22H,15-16H2,(H2,26,30)(H,27,32)(H,28,31)/t21?,22-/m0/s1. The van der Waals surface area contributed by atoms with Gasteiger partial charge in [0.25, 0.3) is 11.6 Å². The summed E-state index contributed by atoms with van der Waals surface area (Å²) in [5.41, 5.74) is 7.20. The number of hydrogen-bond donors (Lipinski definition) is 3. The van der Waals surface area contributed by atoms with Gasteiger partial charge in [0.2, 0.25) is 11.8 Å². The number of rotatable bonds is 10. The number of carbonyl (C=O) groups excluding carboxylic acids is 3. The lowest BCUT2D eigenvalue weighted by Gasteiger charge is -2.22. The number of hydrogen-bond acceptors (Lipinski definition) is 5. The highest BCUT2D eigenvalue weighted by Gasteiger charge is 2.26. The average molecular weight is 460 g/mol. The second-order valence-electron chi connectivity index (χ2n) is 7.67. The van der Waals surface area contributed by atoms with Crippen LogP contribution in [0.5, 0.6) is 0 Å². The molecule has 0 spiro atoms. The number of nitro benzene ring substituents is 1. The van der Waals surface area contributed by atoms with E-state index in [1.807, 2.05) is 30.3 Å². The Labute approximate surface area is 196 Å². The molecular formula is C25H24N4O5. The lowest BCUT2D eigenvalue weighted by Crippen LogP contribution is -2.54. The summed E-state index contributed by atoms with van der Waals surface area (Å²) in [7, 11) is 0. The number of nitrogens with zero attached hydrogens (tertiary/aromatic N) is 1. The molecule has 3 aromatic rings. The number of benzene rings is 3. The molecule has 3 amide bonds. The van der Waals surface area contributed by atoms with E-state index in [1.165, 1.54) is 24.3 Å².